The summed E-state index contributed by atoms with van der Waals surface area (Å²) < 4.78 is 5.27. The Hall–Kier alpha value is -4.19. The molecule has 4 rings (SSSR count). The van der Waals surface area contributed by atoms with Crippen LogP contribution in [0.3, 0.4) is 0 Å². The van der Waals surface area contributed by atoms with Crippen molar-refractivity contribution in [1.29, 1.82) is 0 Å². The number of nitrogens with one attached hydrogen (secondary N) is 2. The molecular weight excluding hydrogens is 428 g/mol. The molecular formula is C28H26N2O4. The third-order valence-electron chi connectivity index (χ3n) is 6.03. The highest BCUT2D eigenvalue weighted by atomic mass is 16.5. The Morgan fingerprint density at radius 2 is 1.24 bits per heavy atom. The minimum Gasteiger partial charge on any atom is -0.497 e. The van der Waals surface area contributed by atoms with Gasteiger partial charge in [-0.05, 0) is 55.0 Å². The Labute approximate surface area is 198 Å². The molecule has 0 heterocycles. The van der Waals surface area contributed by atoms with Crippen LogP contribution < -0.4 is 15.4 Å². The van der Waals surface area contributed by atoms with Crippen molar-refractivity contribution in [1.82, 2.24) is 0 Å². The fraction of sp³-hybridized carbons (Fsp3) is 0.179. The molecule has 1 aliphatic rings. The SMILES string of the molecule is COc1ccc([C@@H]2[C@@H](C(=O)Nc3ccccc3)C(=O)C=C(C)[C@H]2C(=O)Nc2ccccc2)cc1. The number of carbonyl (C=O) groups excluding carboxylic acids is 3. The van der Waals surface area contributed by atoms with Gasteiger partial charge in [-0.2, -0.15) is 0 Å². The van der Waals surface area contributed by atoms with Crippen LogP contribution in [0.5, 0.6) is 5.75 Å². The van der Waals surface area contributed by atoms with Crippen LogP contribution >= 0.6 is 0 Å². The van der Waals surface area contributed by atoms with E-state index in [1.165, 1.54) is 6.08 Å². The molecule has 0 saturated heterocycles. The Morgan fingerprint density at radius 1 is 0.735 bits per heavy atom. The molecule has 6 heteroatoms. The molecule has 0 radical (unpaired) electrons. The monoisotopic (exact) mass is 454 g/mol. The lowest BCUT2D eigenvalue weighted by Gasteiger charge is -2.35. The van der Waals surface area contributed by atoms with Gasteiger partial charge in [0.1, 0.15) is 11.7 Å². The normalized spacial score (nSPS) is 19.6. The molecule has 0 aromatic heterocycles. The summed E-state index contributed by atoms with van der Waals surface area (Å²) in [5.41, 5.74) is 2.56. The van der Waals surface area contributed by atoms with Gasteiger partial charge in [-0.15, -0.1) is 0 Å². The predicted octanol–water partition coefficient (Wildman–Crippen LogP) is 4.82. The maximum atomic E-state index is 13.5. The van der Waals surface area contributed by atoms with Crippen molar-refractivity contribution in [2.45, 2.75) is 12.8 Å². The smallest absolute Gasteiger partial charge is 0.235 e. The molecule has 3 aromatic carbocycles. The van der Waals surface area contributed by atoms with Crippen molar-refractivity contribution in [2.75, 3.05) is 17.7 Å². The minimum atomic E-state index is -1.07. The van der Waals surface area contributed by atoms with Gasteiger partial charge in [0, 0.05) is 17.3 Å². The highest BCUT2D eigenvalue weighted by Crippen LogP contribution is 2.42. The van der Waals surface area contributed by atoms with E-state index in [1.807, 2.05) is 24.3 Å². The molecule has 0 aliphatic heterocycles. The number of carbonyl (C=O) groups is 3. The van der Waals surface area contributed by atoms with Crippen LogP contribution in [0.2, 0.25) is 0 Å². The average Bonchev–Trinajstić information content (AvgIpc) is 2.84. The van der Waals surface area contributed by atoms with Gasteiger partial charge in [0.25, 0.3) is 0 Å². The Morgan fingerprint density at radius 3 is 1.74 bits per heavy atom. The fourth-order valence-electron chi connectivity index (χ4n) is 4.41. The molecule has 3 atom stereocenters. The zero-order valence-corrected chi connectivity index (χ0v) is 19.0. The molecule has 34 heavy (non-hydrogen) atoms. The molecule has 0 fully saturated rings. The van der Waals surface area contributed by atoms with Crippen molar-refractivity contribution >= 4 is 29.0 Å². The van der Waals surface area contributed by atoms with E-state index < -0.39 is 23.7 Å². The summed E-state index contributed by atoms with van der Waals surface area (Å²) in [5.74, 6) is -2.86. The van der Waals surface area contributed by atoms with Crippen LogP contribution in [-0.2, 0) is 14.4 Å². The number of para-hydroxylation sites is 2. The molecule has 0 spiro atoms. The van der Waals surface area contributed by atoms with Gasteiger partial charge in [-0.25, -0.2) is 0 Å². The molecule has 2 amide bonds. The van der Waals surface area contributed by atoms with Gasteiger partial charge < -0.3 is 15.4 Å². The van der Waals surface area contributed by atoms with Gasteiger partial charge in [-0.3, -0.25) is 14.4 Å². The summed E-state index contributed by atoms with van der Waals surface area (Å²) in [6, 6.07) is 25.3. The molecule has 0 bridgehead atoms. The summed E-state index contributed by atoms with van der Waals surface area (Å²) in [4.78, 5) is 40.1. The topological polar surface area (TPSA) is 84.5 Å². The van der Waals surface area contributed by atoms with E-state index in [0.717, 1.165) is 0 Å². The van der Waals surface area contributed by atoms with E-state index in [1.54, 1.807) is 74.7 Å². The van der Waals surface area contributed by atoms with E-state index >= 15 is 0 Å². The first-order chi connectivity index (χ1) is 16.5. The van der Waals surface area contributed by atoms with Crippen LogP contribution in [0.4, 0.5) is 11.4 Å². The van der Waals surface area contributed by atoms with Gasteiger partial charge in [0.15, 0.2) is 5.78 Å². The second-order valence-electron chi connectivity index (χ2n) is 8.26. The number of hydrogen-bond acceptors (Lipinski definition) is 4. The number of benzene rings is 3. The second-order valence-corrected chi connectivity index (χ2v) is 8.26. The number of ether oxygens (including phenoxy) is 1. The Kier molecular flexibility index (Phi) is 6.87. The van der Waals surface area contributed by atoms with E-state index in [9.17, 15) is 14.4 Å². The minimum absolute atomic E-state index is 0.272. The van der Waals surface area contributed by atoms with Crippen molar-refractivity contribution < 1.29 is 19.1 Å². The molecule has 2 N–H and O–H groups in total. The van der Waals surface area contributed by atoms with Crippen LogP contribution in [0.15, 0.2) is 96.6 Å². The summed E-state index contributed by atoms with van der Waals surface area (Å²) in [6.07, 6.45) is 1.42. The molecule has 3 aromatic rings. The number of allylic oxidation sites excluding steroid dienone is 1. The summed E-state index contributed by atoms with van der Waals surface area (Å²) in [5, 5.41) is 5.78. The van der Waals surface area contributed by atoms with E-state index in [4.69, 9.17) is 4.74 Å². The number of amides is 2. The van der Waals surface area contributed by atoms with Crippen LogP contribution in [-0.4, -0.2) is 24.7 Å². The van der Waals surface area contributed by atoms with Gasteiger partial charge >= 0.3 is 0 Å². The molecule has 0 saturated carbocycles. The lowest BCUT2D eigenvalue weighted by Crippen LogP contribution is -2.44. The lowest BCUT2D eigenvalue weighted by molar-refractivity contribution is -0.131. The van der Waals surface area contributed by atoms with Crippen LogP contribution in [0.1, 0.15) is 18.4 Å². The third-order valence-corrected chi connectivity index (χ3v) is 6.03. The molecule has 6 nitrogen and oxygen atoms in total. The van der Waals surface area contributed by atoms with Crippen LogP contribution in [0, 0.1) is 11.8 Å². The van der Waals surface area contributed by atoms with Crippen LogP contribution in [0.25, 0.3) is 0 Å². The average molecular weight is 455 g/mol. The van der Waals surface area contributed by atoms with E-state index in [-0.39, 0.29) is 11.7 Å². The lowest BCUT2D eigenvalue weighted by atomic mass is 9.67. The third kappa shape index (κ3) is 4.91. The highest BCUT2D eigenvalue weighted by Gasteiger charge is 2.46. The van der Waals surface area contributed by atoms with Gasteiger partial charge in [0.05, 0.1) is 13.0 Å². The maximum absolute atomic E-state index is 13.5. The predicted molar refractivity (Wildman–Crippen MR) is 132 cm³/mol. The zero-order chi connectivity index (χ0) is 24.1. The van der Waals surface area contributed by atoms with Crippen molar-refractivity contribution in [2.24, 2.45) is 11.8 Å². The number of ketones is 1. The molecule has 172 valence electrons. The van der Waals surface area contributed by atoms with Gasteiger partial charge in [-0.1, -0.05) is 54.1 Å². The number of anilines is 2. The second kappa shape index (κ2) is 10.2. The Bertz CT molecular complexity index is 1200. The summed E-state index contributed by atoms with van der Waals surface area (Å²) in [7, 11) is 1.57. The highest BCUT2D eigenvalue weighted by molar-refractivity contribution is 6.14. The standard InChI is InChI=1S/C28H26N2O4/c1-18-17-23(31)26(28(33)30-21-11-7-4-8-12-21)25(19-13-15-22(34-2)16-14-19)24(18)27(32)29-20-9-5-3-6-10-20/h3-17,24-26H,1-2H3,(H,29,32)(H,30,33)/t24-,25+,26+/m1/s1. The summed E-state index contributed by atoms with van der Waals surface area (Å²) >= 11 is 0. The number of rotatable bonds is 6. The first kappa shape index (κ1) is 23.0. The number of hydrogen-bond donors (Lipinski definition) is 2. The summed E-state index contributed by atoms with van der Waals surface area (Å²) in [6.45, 7) is 1.76. The first-order valence-corrected chi connectivity index (χ1v) is 11.1. The maximum Gasteiger partial charge on any atom is 0.235 e. The molecule has 1 aliphatic carbocycles. The largest absolute Gasteiger partial charge is 0.497 e. The van der Waals surface area contributed by atoms with E-state index in [0.29, 0.717) is 28.3 Å². The molecule has 0 unspecified atom stereocenters. The van der Waals surface area contributed by atoms with Crippen molar-refractivity contribution in [3.63, 3.8) is 0 Å². The van der Waals surface area contributed by atoms with Crippen molar-refractivity contribution in [3.8, 4) is 5.75 Å². The Balaban J connectivity index is 1.74. The fourth-order valence-corrected chi connectivity index (χ4v) is 4.41. The zero-order valence-electron chi connectivity index (χ0n) is 19.0. The number of methoxy groups -OCH3 is 1. The van der Waals surface area contributed by atoms with Crippen molar-refractivity contribution in [3.05, 3.63) is 102 Å². The van der Waals surface area contributed by atoms with Gasteiger partial charge in [0.2, 0.25) is 11.8 Å². The van der Waals surface area contributed by atoms with E-state index in [2.05, 4.69) is 10.6 Å². The first-order valence-electron chi connectivity index (χ1n) is 11.1. The quantitative estimate of drug-likeness (QED) is 0.523.